The molecule has 0 saturated heterocycles. The van der Waals surface area contributed by atoms with E-state index in [-0.39, 0.29) is 39.0 Å². The molecule has 20 nitrogen and oxygen atoms in total. The molecule has 16 fully saturated rings. The summed E-state index contributed by atoms with van der Waals surface area (Å²) in [4.78, 5) is 156. The molecule has 0 aromatic heterocycles. The number of hydrogen-bond acceptors (Lipinski definition) is 16. The summed E-state index contributed by atoms with van der Waals surface area (Å²) in [6.45, 7) is 0. The number of nitrogens with zero attached hydrogens (tertiary/aromatic N) is 4. The van der Waals surface area contributed by atoms with E-state index in [1.54, 1.807) is 97.1 Å². The fraction of sp³-hybridized carbons (Fsp3) is 0.550. The summed E-state index contributed by atoms with van der Waals surface area (Å²) in [5.41, 5.74) is 0.474. The molecule has 0 spiro atoms. The monoisotopic (exact) mass is 1560 g/mol. The minimum atomic E-state index is -1.28. The smallest absolute Gasteiger partial charge is 0.548 e. The molecule has 24 rings (SSSR count). The number of rotatable bonds is 12. The quantitative estimate of drug-likeness (QED) is 0.108. The summed E-state index contributed by atoms with van der Waals surface area (Å²) < 4.78 is 0. The number of amides is 8. The Balaban J connectivity index is 0.000000109. The van der Waals surface area contributed by atoms with Crippen molar-refractivity contribution in [3.63, 3.8) is 0 Å². The topological polar surface area (TPSA) is 310 Å². The zero-order valence-corrected chi connectivity index (χ0v) is 59.7. The predicted octanol–water partition coefficient (Wildman–Crippen LogP) is 6.47. The summed E-state index contributed by atoms with van der Waals surface area (Å²) in [5.74, 6) is -2.60. The Morgan fingerprint density at radius 2 is 0.353 bits per heavy atom. The Morgan fingerprint density at radius 1 is 0.245 bits per heavy atom. The molecule has 20 aliphatic rings. The van der Waals surface area contributed by atoms with Gasteiger partial charge in [0.2, 0.25) is 0 Å². The van der Waals surface area contributed by atoms with Crippen molar-refractivity contribution in [2.75, 3.05) is 0 Å². The molecule has 4 atom stereocenters. The first kappa shape index (κ1) is 70.2. The van der Waals surface area contributed by atoms with E-state index in [0.29, 0.717) is 116 Å². The average Bonchev–Trinajstić information content (AvgIpc) is 1.33. The molecule has 16 bridgehead atoms. The van der Waals surface area contributed by atoms with Gasteiger partial charge >= 0.3 is 39.0 Å². The summed E-state index contributed by atoms with van der Waals surface area (Å²) in [5, 5.41) is 48.7. The Bertz CT molecular complexity index is 3460. The van der Waals surface area contributed by atoms with Crippen LogP contribution in [0.3, 0.4) is 0 Å². The molecular formula is C80H80N4O16Rh2. The molecule has 22 heteroatoms. The van der Waals surface area contributed by atoms with Crippen LogP contribution in [0.2, 0.25) is 0 Å². The van der Waals surface area contributed by atoms with E-state index >= 15 is 0 Å². The molecule has 4 aromatic rings. The van der Waals surface area contributed by atoms with Gasteiger partial charge in [0, 0.05) is 0 Å². The average molecular weight is 1560 g/mol. The normalized spacial score (nSPS) is 35.9. The van der Waals surface area contributed by atoms with Gasteiger partial charge in [0.25, 0.3) is 47.3 Å². The minimum absolute atomic E-state index is 0. The van der Waals surface area contributed by atoms with Gasteiger partial charge in [-0.2, -0.15) is 0 Å². The van der Waals surface area contributed by atoms with E-state index in [9.17, 15) is 78.0 Å². The van der Waals surface area contributed by atoms with Crippen LogP contribution >= 0.6 is 0 Å². The summed E-state index contributed by atoms with van der Waals surface area (Å²) >= 11 is 0. The van der Waals surface area contributed by atoms with Crippen LogP contribution in [-0.2, 0) is 58.1 Å². The maximum Gasteiger partial charge on any atom is 2.00 e. The van der Waals surface area contributed by atoms with Crippen molar-refractivity contribution in [2.24, 2.45) is 92.7 Å². The Morgan fingerprint density at radius 3 is 0.451 bits per heavy atom. The third-order valence-corrected chi connectivity index (χ3v) is 27.9. The number of fused-ring (bicyclic) bond motifs is 4. The summed E-state index contributed by atoms with van der Waals surface area (Å²) in [7, 11) is 0. The number of carboxylic acid groups (broad SMARTS) is 4. The van der Waals surface area contributed by atoms with Crippen molar-refractivity contribution in [3.05, 3.63) is 142 Å². The molecule has 8 amide bonds. The largest absolute Gasteiger partial charge is 2.00 e. The Labute approximate surface area is 616 Å². The first-order chi connectivity index (χ1) is 47.9. The number of aliphatic carboxylic acids is 4. The van der Waals surface area contributed by atoms with Crippen LogP contribution in [0.25, 0.3) is 0 Å². The maximum absolute atomic E-state index is 12.9. The van der Waals surface area contributed by atoms with Gasteiger partial charge in [-0.25, -0.2) is 0 Å². The van der Waals surface area contributed by atoms with Gasteiger partial charge < -0.3 is 39.6 Å². The number of carbonyl (C=O) groups is 12. The van der Waals surface area contributed by atoms with Crippen LogP contribution < -0.4 is 20.4 Å². The molecule has 4 aliphatic heterocycles. The van der Waals surface area contributed by atoms with Crippen LogP contribution in [0, 0.1) is 92.7 Å². The second-order valence-corrected chi connectivity index (χ2v) is 34.1. The zero-order valence-electron chi connectivity index (χ0n) is 56.4. The van der Waals surface area contributed by atoms with E-state index in [0.717, 1.165) is 96.6 Å². The molecule has 16 aliphatic carbocycles. The zero-order chi connectivity index (χ0) is 69.4. The number of carbonyl (C=O) groups excluding carboxylic acids is 12. The second-order valence-electron chi connectivity index (χ2n) is 34.1. The van der Waals surface area contributed by atoms with Crippen molar-refractivity contribution >= 4 is 71.1 Å². The minimum Gasteiger partial charge on any atom is -0.548 e. The molecule has 16 saturated carbocycles. The fourth-order valence-electron chi connectivity index (χ4n) is 26.3. The van der Waals surface area contributed by atoms with Crippen molar-refractivity contribution in [1.29, 1.82) is 0 Å². The van der Waals surface area contributed by atoms with Gasteiger partial charge in [-0.15, -0.1) is 0 Å². The van der Waals surface area contributed by atoms with Crippen LogP contribution in [0.5, 0.6) is 0 Å². The van der Waals surface area contributed by atoms with Crippen molar-refractivity contribution in [3.8, 4) is 0 Å². The maximum atomic E-state index is 12.9. The molecule has 534 valence electrons. The number of hydrogen-bond donors (Lipinski definition) is 0. The second kappa shape index (κ2) is 25.7. The van der Waals surface area contributed by atoms with E-state index < -0.39 is 117 Å². The fourth-order valence-corrected chi connectivity index (χ4v) is 26.3. The number of imide groups is 4. The first-order valence-corrected chi connectivity index (χ1v) is 36.6. The van der Waals surface area contributed by atoms with Crippen LogP contribution in [-0.4, -0.2) is 115 Å². The van der Waals surface area contributed by atoms with E-state index in [2.05, 4.69) is 0 Å². The van der Waals surface area contributed by atoms with Gasteiger partial charge in [-0.3, -0.25) is 58.0 Å². The molecule has 102 heavy (non-hydrogen) atoms. The van der Waals surface area contributed by atoms with Crippen LogP contribution in [0.15, 0.2) is 97.1 Å². The Kier molecular flexibility index (Phi) is 17.7. The Hall–Kier alpha value is -7.43. The summed E-state index contributed by atoms with van der Waals surface area (Å²) in [6, 6.07) is 21.8. The SMILES string of the molecule is O=C([O-])C(N1C(=O)c2ccccc2C1=O)C12CC3CC(CC(C3)C1)C2.O=C([O-])C(N1C(=O)c2ccccc2C1=O)C12CC3CC(CC(C3)C1)C2.O=C([O-])C(N1C(=O)c2ccccc2C1=O)C12CC3CC(CC(C3)C1)C2.O=C([O-])C(N1C(=O)c2ccccc2C1=O)C12CC3CC(CC(C3)C1)C2.[Rh+2].[Rh+2]. The summed E-state index contributed by atoms with van der Waals surface area (Å²) in [6.07, 6.45) is 23.6. The third-order valence-electron chi connectivity index (χ3n) is 27.9. The third kappa shape index (κ3) is 11.1. The predicted molar refractivity (Wildman–Crippen MR) is 345 cm³/mol. The van der Waals surface area contributed by atoms with Gasteiger partial charge in [0.1, 0.15) is 0 Å². The van der Waals surface area contributed by atoms with Crippen molar-refractivity contribution in [1.82, 2.24) is 19.6 Å². The van der Waals surface area contributed by atoms with E-state index in [1.165, 1.54) is 77.0 Å². The van der Waals surface area contributed by atoms with Crippen LogP contribution in [0.1, 0.15) is 237 Å². The molecule has 4 unspecified atom stereocenters. The molecular weight excluding hydrogens is 1480 g/mol. The van der Waals surface area contributed by atoms with Gasteiger partial charge in [-0.05, 0) is 295 Å². The van der Waals surface area contributed by atoms with E-state index in [1.807, 2.05) is 0 Å². The van der Waals surface area contributed by atoms with Crippen LogP contribution in [0.4, 0.5) is 0 Å². The van der Waals surface area contributed by atoms with Gasteiger partial charge in [-0.1, -0.05) is 48.5 Å². The first-order valence-electron chi connectivity index (χ1n) is 36.6. The van der Waals surface area contributed by atoms with Gasteiger partial charge in [0.15, 0.2) is 0 Å². The van der Waals surface area contributed by atoms with Crippen molar-refractivity contribution in [2.45, 2.75) is 178 Å². The standard InChI is InChI=1S/4C20H21NO4.2Rh/c4*22-17-14-3-1-2-4-15(14)18(23)21(17)16(19(24)25)20-8-11-5-12(9-20)7-13(6-11)10-20;;/h4*1-4,11-13,16H,5-10H2,(H,24,25);;/q;;;;2*+2/p-4. The van der Waals surface area contributed by atoms with Gasteiger partial charge in [0.05, 0.1) is 92.6 Å². The molecule has 2 radical (unpaired) electrons. The van der Waals surface area contributed by atoms with Crippen molar-refractivity contribution < 1.29 is 117 Å². The molecule has 4 heterocycles. The molecule has 4 aromatic carbocycles. The number of benzene rings is 4. The van der Waals surface area contributed by atoms with E-state index in [4.69, 9.17) is 0 Å². The number of carboxylic acids is 4. The molecule has 0 N–H and O–H groups in total.